The zero-order valence-electron chi connectivity index (χ0n) is 21.5. The van der Waals surface area contributed by atoms with Gasteiger partial charge in [-0.1, -0.05) is 29.8 Å². The van der Waals surface area contributed by atoms with E-state index in [1.807, 2.05) is 53.2 Å². The Hall–Kier alpha value is -3.48. The number of aromatic nitrogens is 2. The summed E-state index contributed by atoms with van der Waals surface area (Å²) in [5.41, 5.74) is 2.35. The Labute approximate surface area is 231 Å². The van der Waals surface area contributed by atoms with Crippen molar-refractivity contribution in [3.63, 3.8) is 0 Å². The first-order valence-electron chi connectivity index (χ1n) is 13.7. The standard InChI is InChI=1S/C32H30ClN3O3/c33-25-8-9-26-27(14-25)36(28-3-1-2-10-34-28)18-24(30(26)37)11-19-4-6-21(7-5-19)31(38)35-29-22-12-20-13-23(29)17-32(39,15-20)16-22/h1-10,14,18,20,22-23,29,39H,11-13,15-17H2,(H,35,38). The molecule has 6 nitrogen and oxygen atoms in total. The number of rotatable bonds is 5. The average Bonchev–Trinajstić information content (AvgIpc) is 2.92. The predicted molar refractivity (Wildman–Crippen MR) is 151 cm³/mol. The van der Waals surface area contributed by atoms with Gasteiger partial charge in [-0.05, 0) is 97.9 Å². The van der Waals surface area contributed by atoms with Crippen LogP contribution in [0.15, 0.2) is 77.9 Å². The summed E-state index contributed by atoms with van der Waals surface area (Å²) in [7, 11) is 0. The van der Waals surface area contributed by atoms with E-state index in [1.54, 1.807) is 24.4 Å². The fourth-order valence-corrected chi connectivity index (χ4v) is 7.78. The van der Waals surface area contributed by atoms with Gasteiger partial charge < -0.3 is 15.0 Å². The number of hydrogen-bond donors (Lipinski definition) is 2. The molecule has 1 amide bonds. The Morgan fingerprint density at radius 3 is 2.51 bits per heavy atom. The summed E-state index contributed by atoms with van der Waals surface area (Å²) >= 11 is 6.26. The maximum Gasteiger partial charge on any atom is 0.251 e. The van der Waals surface area contributed by atoms with Gasteiger partial charge >= 0.3 is 0 Å². The van der Waals surface area contributed by atoms with E-state index >= 15 is 0 Å². The number of amides is 1. The minimum Gasteiger partial charge on any atom is -0.390 e. The maximum absolute atomic E-state index is 13.4. The molecular weight excluding hydrogens is 510 g/mol. The quantitative estimate of drug-likeness (QED) is 0.360. The average molecular weight is 540 g/mol. The molecular formula is C32H30ClN3O3. The molecule has 0 spiro atoms. The molecule has 198 valence electrons. The molecule has 4 aromatic rings. The van der Waals surface area contributed by atoms with Gasteiger partial charge in [-0.25, -0.2) is 4.98 Å². The molecule has 2 N–H and O–H groups in total. The number of nitrogens with zero attached hydrogens (tertiary/aromatic N) is 2. The van der Waals surface area contributed by atoms with Gasteiger partial charge in [-0.3, -0.25) is 9.59 Å². The van der Waals surface area contributed by atoms with Gasteiger partial charge in [-0.2, -0.15) is 0 Å². The van der Waals surface area contributed by atoms with Crippen LogP contribution in [-0.4, -0.2) is 32.2 Å². The van der Waals surface area contributed by atoms with Gasteiger partial charge in [-0.15, -0.1) is 0 Å². The number of pyridine rings is 2. The molecule has 4 aliphatic rings. The number of benzene rings is 2. The van der Waals surface area contributed by atoms with E-state index < -0.39 is 5.60 Å². The molecule has 4 fully saturated rings. The molecule has 4 bridgehead atoms. The van der Waals surface area contributed by atoms with Crippen molar-refractivity contribution in [2.75, 3.05) is 0 Å². The van der Waals surface area contributed by atoms with Crippen LogP contribution in [0.5, 0.6) is 0 Å². The van der Waals surface area contributed by atoms with Gasteiger partial charge in [0.15, 0.2) is 5.43 Å². The first-order chi connectivity index (χ1) is 18.8. The number of nitrogens with one attached hydrogen (secondary N) is 1. The van der Waals surface area contributed by atoms with Crippen molar-refractivity contribution >= 4 is 28.4 Å². The second-order valence-corrected chi connectivity index (χ2v) is 12.2. The third-order valence-electron chi connectivity index (χ3n) is 9.09. The smallest absolute Gasteiger partial charge is 0.251 e. The number of fused-ring (bicyclic) bond motifs is 1. The molecule has 39 heavy (non-hydrogen) atoms. The lowest BCUT2D eigenvalue weighted by Crippen LogP contribution is -2.61. The lowest BCUT2D eigenvalue weighted by atomic mass is 9.52. The van der Waals surface area contributed by atoms with E-state index in [0.29, 0.717) is 57.0 Å². The van der Waals surface area contributed by atoms with Crippen molar-refractivity contribution in [2.24, 2.45) is 17.8 Å². The summed E-state index contributed by atoms with van der Waals surface area (Å²) in [6, 6.07) is 18.6. The second-order valence-electron chi connectivity index (χ2n) is 11.8. The fraction of sp³-hybridized carbons (Fsp3) is 0.344. The number of carbonyl (C=O) groups is 1. The Morgan fingerprint density at radius 1 is 1.05 bits per heavy atom. The van der Waals surface area contributed by atoms with Crippen molar-refractivity contribution in [3.05, 3.63) is 105 Å². The third-order valence-corrected chi connectivity index (χ3v) is 9.32. The van der Waals surface area contributed by atoms with Crippen LogP contribution in [0.3, 0.4) is 0 Å². The maximum atomic E-state index is 13.4. The van der Waals surface area contributed by atoms with Crippen LogP contribution in [-0.2, 0) is 6.42 Å². The highest BCUT2D eigenvalue weighted by Gasteiger charge is 2.55. The number of halogens is 1. The van der Waals surface area contributed by atoms with Crippen LogP contribution in [0, 0.1) is 17.8 Å². The zero-order chi connectivity index (χ0) is 26.7. The highest BCUT2D eigenvalue weighted by atomic mass is 35.5. The lowest BCUT2D eigenvalue weighted by molar-refractivity contribution is -0.136. The first kappa shape index (κ1) is 24.6. The molecule has 8 rings (SSSR count). The van der Waals surface area contributed by atoms with E-state index in [1.165, 1.54) is 0 Å². The Bertz CT molecular complexity index is 1620. The van der Waals surface area contributed by atoms with E-state index in [0.717, 1.165) is 37.7 Å². The minimum atomic E-state index is -0.510. The molecule has 0 aliphatic heterocycles. The minimum absolute atomic E-state index is 0.0424. The Kier molecular flexibility index (Phi) is 5.87. The summed E-state index contributed by atoms with van der Waals surface area (Å²) < 4.78 is 1.90. The summed E-state index contributed by atoms with van der Waals surface area (Å²) in [4.78, 5) is 31.1. The lowest BCUT2D eigenvalue weighted by Gasteiger charge is -2.58. The molecule has 0 saturated heterocycles. The molecule has 2 aromatic heterocycles. The van der Waals surface area contributed by atoms with Gasteiger partial charge in [0.1, 0.15) is 5.82 Å². The summed E-state index contributed by atoms with van der Waals surface area (Å²) in [6.07, 6.45) is 8.74. The zero-order valence-corrected chi connectivity index (χ0v) is 22.3. The van der Waals surface area contributed by atoms with Crippen LogP contribution >= 0.6 is 11.6 Å². The van der Waals surface area contributed by atoms with Crippen molar-refractivity contribution in [2.45, 2.75) is 50.2 Å². The van der Waals surface area contributed by atoms with Crippen molar-refractivity contribution in [1.82, 2.24) is 14.9 Å². The van der Waals surface area contributed by atoms with Gasteiger partial charge in [0, 0.05) is 46.4 Å². The SMILES string of the molecule is O=C(NC1C2CC3CC1CC(O)(C3)C2)c1ccc(Cc2cn(-c3ccccn3)c3cc(Cl)ccc3c2=O)cc1. The highest BCUT2D eigenvalue weighted by Crippen LogP contribution is 2.55. The van der Waals surface area contributed by atoms with E-state index in [4.69, 9.17) is 11.6 Å². The highest BCUT2D eigenvalue weighted by molar-refractivity contribution is 6.31. The van der Waals surface area contributed by atoms with E-state index in [9.17, 15) is 14.7 Å². The number of carbonyl (C=O) groups excluding carboxylic acids is 1. The van der Waals surface area contributed by atoms with Crippen molar-refractivity contribution < 1.29 is 9.90 Å². The molecule has 2 unspecified atom stereocenters. The molecule has 2 heterocycles. The van der Waals surface area contributed by atoms with Crippen LogP contribution in [0.2, 0.25) is 5.02 Å². The summed E-state index contributed by atoms with van der Waals surface area (Å²) in [5.74, 6) is 1.98. The molecule has 7 heteroatoms. The normalized spacial score (nSPS) is 27.1. The molecule has 2 atom stereocenters. The van der Waals surface area contributed by atoms with Gasteiger partial charge in [0.2, 0.25) is 0 Å². The van der Waals surface area contributed by atoms with Crippen LogP contribution < -0.4 is 10.7 Å². The largest absolute Gasteiger partial charge is 0.390 e. The molecule has 4 saturated carbocycles. The van der Waals surface area contributed by atoms with E-state index in [-0.39, 0.29) is 17.4 Å². The Morgan fingerprint density at radius 2 is 1.82 bits per heavy atom. The van der Waals surface area contributed by atoms with E-state index in [2.05, 4.69) is 10.3 Å². The predicted octanol–water partition coefficient (Wildman–Crippen LogP) is 5.30. The summed E-state index contributed by atoms with van der Waals surface area (Å²) in [5, 5.41) is 15.3. The topological polar surface area (TPSA) is 84.2 Å². The van der Waals surface area contributed by atoms with Crippen LogP contribution in [0.1, 0.15) is 53.6 Å². The monoisotopic (exact) mass is 539 g/mol. The summed E-state index contributed by atoms with van der Waals surface area (Å²) in [6.45, 7) is 0. The van der Waals surface area contributed by atoms with Gasteiger partial charge in [0.05, 0.1) is 11.1 Å². The first-order valence-corrected chi connectivity index (χ1v) is 14.1. The second kappa shape index (κ2) is 9.32. The fourth-order valence-electron chi connectivity index (χ4n) is 7.61. The van der Waals surface area contributed by atoms with Crippen LogP contribution in [0.4, 0.5) is 0 Å². The molecule has 2 aromatic carbocycles. The van der Waals surface area contributed by atoms with Gasteiger partial charge in [0.25, 0.3) is 5.91 Å². The number of hydrogen-bond acceptors (Lipinski definition) is 4. The number of aliphatic hydroxyl groups is 1. The van der Waals surface area contributed by atoms with Crippen LogP contribution in [0.25, 0.3) is 16.7 Å². The Balaban J connectivity index is 1.13. The third kappa shape index (κ3) is 4.46. The van der Waals surface area contributed by atoms with Crippen molar-refractivity contribution in [3.8, 4) is 5.82 Å². The molecule has 4 aliphatic carbocycles. The van der Waals surface area contributed by atoms with Crippen molar-refractivity contribution in [1.29, 1.82) is 0 Å². The molecule has 0 radical (unpaired) electrons.